The maximum absolute atomic E-state index is 13.6. The molecule has 7 heteroatoms. The number of carboxylic acids is 1. The molecule has 0 saturated carbocycles. The average Bonchev–Trinajstić information content (AvgIpc) is 3.46. The quantitative estimate of drug-likeness (QED) is 0.160. The number of aliphatic imine (C=N–C) groups is 1. The second-order valence-corrected chi connectivity index (χ2v) is 10.6. The van der Waals surface area contributed by atoms with Gasteiger partial charge in [0.15, 0.2) is 5.54 Å². The fourth-order valence-corrected chi connectivity index (χ4v) is 5.36. The summed E-state index contributed by atoms with van der Waals surface area (Å²) in [5, 5.41) is 15.0. The molecule has 1 aliphatic heterocycles. The van der Waals surface area contributed by atoms with Crippen LogP contribution < -0.4 is 0 Å². The van der Waals surface area contributed by atoms with Crippen molar-refractivity contribution in [3.63, 3.8) is 0 Å². The van der Waals surface area contributed by atoms with Gasteiger partial charge < -0.3 is 15.2 Å². The van der Waals surface area contributed by atoms with Gasteiger partial charge in [-0.25, -0.2) is 4.79 Å². The van der Waals surface area contributed by atoms with Gasteiger partial charge in [0.1, 0.15) is 0 Å². The Kier molecular flexibility index (Phi) is 10.5. The number of hydrogen-bond acceptors (Lipinski definition) is 4. The molecule has 2 atom stereocenters. The largest absolute Gasteiger partial charge is 0.625 e. The van der Waals surface area contributed by atoms with Gasteiger partial charge in [0.25, 0.3) is 0 Å². The summed E-state index contributed by atoms with van der Waals surface area (Å²) in [5.74, 6) is -1.22. The van der Waals surface area contributed by atoms with E-state index < -0.39 is 11.5 Å². The Bertz CT molecular complexity index is 1510. The fourth-order valence-electron chi connectivity index (χ4n) is 5.36. The minimum atomic E-state index is -1.44. The first-order chi connectivity index (χ1) is 19.9. The van der Waals surface area contributed by atoms with Crippen molar-refractivity contribution in [3.8, 4) is 0 Å². The van der Waals surface area contributed by atoms with Crippen LogP contribution >= 0.6 is 0 Å². The van der Waals surface area contributed by atoms with Crippen molar-refractivity contribution in [3.05, 3.63) is 143 Å². The third kappa shape index (κ3) is 7.41. The summed E-state index contributed by atoms with van der Waals surface area (Å²) >= 11 is 0. The van der Waals surface area contributed by atoms with Crippen molar-refractivity contribution in [1.29, 1.82) is 0 Å². The van der Waals surface area contributed by atoms with Crippen molar-refractivity contribution < 1.29 is 31.2 Å². The fraction of sp³-hybridized carbons (Fsp3) is 0.229. The molecule has 1 heterocycles. The summed E-state index contributed by atoms with van der Waals surface area (Å²) in [4.78, 5) is 33.4. The van der Waals surface area contributed by atoms with E-state index in [1.807, 2.05) is 97.1 Å². The molecule has 4 aromatic rings. The molecule has 4 aromatic carbocycles. The summed E-state index contributed by atoms with van der Waals surface area (Å²) in [5.41, 5.74) is 2.96. The third-order valence-electron chi connectivity index (χ3n) is 7.52. The molecule has 0 bridgehead atoms. The molecule has 1 aliphatic rings. The van der Waals surface area contributed by atoms with Crippen LogP contribution in [0.2, 0.25) is 0 Å². The van der Waals surface area contributed by atoms with E-state index in [1.54, 1.807) is 13.0 Å². The molecule has 1 fully saturated rings. The molecule has 218 valence electrons. The van der Waals surface area contributed by atoms with E-state index in [0.29, 0.717) is 23.5 Å². The topological polar surface area (TPSA) is 84.1 Å². The van der Waals surface area contributed by atoms with Gasteiger partial charge in [-0.15, -0.1) is 5.69 Å². The van der Waals surface area contributed by atoms with Gasteiger partial charge in [-0.05, 0) is 43.0 Å². The Balaban J connectivity index is 0.00000405. The number of carbonyl (C=O) groups is 2. The van der Waals surface area contributed by atoms with Crippen molar-refractivity contribution in [2.45, 2.75) is 44.3 Å². The maximum atomic E-state index is 13.6. The number of hydrogen-bond donors (Lipinski definition) is 1. The standard InChI is InChI=1S/C35H35N3O3.Ni/c1-35(34(40)41,24-26-14-5-2-6-15-26)37-32(28-18-9-4-10-19-28)29-20-11-12-21-30(29)36-33(39)31-22-13-23-38(31)25-27-16-7-3-8-17-27;/h2-12,14-21,31H,13,22-25H2,1H3,(H2,36,37,39,40,41);/p-1/t31-,35+;/m0./s1. The minimum Gasteiger partial charge on any atom is -0.625 e. The zero-order valence-corrected chi connectivity index (χ0v) is 24.5. The minimum absolute atomic E-state index is 0. The Hall–Kier alpha value is -4.06. The van der Waals surface area contributed by atoms with Crippen LogP contribution in [0, 0.1) is 0 Å². The summed E-state index contributed by atoms with van der Waals surface area (Å²) in [6.07, 6.45) is 1.91. The molecule has 1 N–H and O–H groups in total. The van der Waals surface area contributed by atoms with Crippen LogP contribution in [0.25, 0.3) is 5.32 Å². The second-order valence-electron chi connectivity index (χ2n) is 10.6. The number of nitrogens with zero attached hydrogens (tertiary/aromatic N) is 3. The first-order valence-corrected chi connectivity index (χ1v) is 14.0. The number of carboxylic acid groups (broad SMARTS) is 1. The molecule has 0 aromatic heterocycles. The number of rotatable bonds is 10. The first kappa shape index (κ1) is 30.9. The molecule has 1 saturated heterocycles. The molecule has 0 aliphatic carbocycles. The number of aliphatic carboxylic acids is 1. The number of likely N-dealkylation sites (tertiary alicyclic amines) is 1. The van der Waals surface area contributed by atoms with E-state index in [0.717, 1.165) is 36.1 Å². The molecule has 5 rings (SSSR count). The Morgan fingerprint density at radius 3 is 2.07 bits per heavy atom. The molecule has 0 spiro atoms. The molecule has 0 radical (unpaired) electrons. The summed E-state index contributed by atoms with van der Waals surface area (Å²) in [6.45, 7) is 3.17. The van der Waals surface area contributed by atoms with Crippen molar-refractivity contribution >= 4 is 23.3 Å². The van der Waals surface area contributed by atoms with Crippen LogP contribution in [-0.4, -0.2) is 45.7 Å². The van der Waals surface area contributed by atoms with Crippen LogP contribution in [0.4, 0.5) is 5.69 Å². The van der Waals surface area contributed by atoms with E-state index in [-0.39, 0.29) is 34.9 Å². The first-order valence-electron chi connectivity index (χ1n) is 14.0. The van der Waals surface area contributed by atoms with Crippen LogP contribution in [0.1, 0.15) is 42.0 Å². The molecule has 42 heavy (non-hydrogen) atoms. The van der Waals surface area contributed by atoms with Gasteiger partial charge in [0, 0.05) is 35.0 Å². The van der Waals surface area contributed by atoms with Gasteiger partial charge >= 0.3 is 5.97 Å². The van der Waals surface area contributed by atoms with Crippen molar-refractivity contribution in [1.82, 2.24) is 4.90 Å². The molecule has 0 unspecified atom stereocenters. The zero-order chi connectivity index (χ0) is 28.7. The van der Waals surface area contributed by atoms with Crippen molar-refractivity contribution in [2.75, 3.05) is 6.54 Å². The summed E-state index contributed by atoms with van der Waals surface area (Å²) in [7, 11) is 0. The molecular formula is C35H34N3NiO3-. The smallest absolute Gasteiger partial charge is 0.331 e. The predicted octanol–water partition coefficient (Wildman–Crippen LogP) is 6.80. The molecular weight excluding hydrogens is 569 g/mol. The SMILES string of the molecule is C[C@](Cc1ccccc1)(N=C(c1ccccc1)c1ccccc1[N-]C(=O)[C@@H]1CCCN1Cc1ccccc1)C(=O)O.[Ni]. The molecule has 1 amide bonds. The molecule has 6 nitrogen and oxygen atoms in total. The number of amides is 1. The van der Waals surface area contributed by atoms with E-state index in [4.69, 9.17) is 4.99 Å². The van der Waals surface area contributed by atoms with E-state index in [2.05, 4.69) is 22.3 Å². The van der Waals surface area contributed by atoms with Gasteiger partial charge in [-0.3, -0.25) is 9.89 Å². The monoisotopic (exact) mass is 602 g/mol. The maximum Gasteiger partial charge on any atom is 0.331 e. The van der Waals surface area contributed by atoms with E-state index in [9.17, 15) is 14.7 Å². The normalized spacial score (nSPS) is 16.7. The summed E-state index contributed by atoms with van der Waals surface area (Å²) in [6, 6.07) is 36.2. The van der Waals surface area contributed by atoms with Crippen LogP contribution in [0.15, 0.2) is 120 Å². The average molecular weight is 603 g/mol. The van der Waals surface area contributed by atoms with Gasteiger partial charge in [0.05, 0.1) is 17.7 Å². The number of benzene rings is 4. The van der Waals surface area contributed by atoms with Gasteiger partial charge in [-0.2, -0.15) is 0 Å². The Morgan fingerprint density at radius 2 is 1.43 bits per heavy atom. The van der Waals surface area contributed by atoms with Crippen LogP contribution in [0.3, 0.4) is 0 Å². The third-order valence-corrected chi connectivity index (χ3v) is 7.52. The van der Waals surface area contributed by atoms with Gasteiger partial charge in [-0.1, -0.05) is 115 Å². The van der Waals surface area contributed by atoms with Crippen molar-refractivity contribution in [2.24, 2.45) is 4.99 Å². The summed E-state index contributed by atoms with van der Waals surface area (Å²) < 4.78 is 0. The second kappa shape index (κ2) is 14.2. The Morgan fingerprint density at radius 1 is 0.857 bits per heavy atom. The zero-order valence-electron chi connectivity index (χ0n) is 23.5. The van der Waals surface area contributed by atoms with Crippen LogP contribution in [-0.2, 0) is 39.0 Å². The van der Waals surface area contributed by atoms with E-state index >= 15 is 0 Å². The van der Waals surface area contributed by atoms with Crippen LogP contribution in [0.5, 0.6) is 0 Å². The van der Waals surface area contributed by atoms with Gasteiger partial charge in [0.2, 0.25) is 0 Å². The predicted molar refractivity (Wildman–Crippen MR) is 163 cm³/mol. The van der Waals surface area contributed by atoms with E-state index in [1.165, 1.54) is 0 Å². The number of carbonyl (C=O) groups excluding carboxylic acids is 1. The number of para-hydroxylation sites is 1. The Labute approximate surface area is 257 Å².